The third-order valence-corrected chi connectivity index (χ3v) is 1.47. The van der Waals surface area contributed by atoms with E-state index in [-0.39, 0.29) is 5.75 Å². The van der Waals surface area contributed by atoms with Crippen LogP contribution in [0.5, 0.6) is 5.75 Å². The van der Waals surface area contributed by atoms with Crippen LogP contribution in [0.1, 0.15) is 0 Å². The summed E-state index contributed by atoms with van der Waals surface area (Å²) in [7, 11) is 1.66. The quantitative estimate of drug-likeness (QED) is 0.578. The Morgan fingerprint density at radius 2 is 1.85 bits per heavy atom. The van der Waals surface area contributed by atoms with Crippen molar-refractivity contribution in [2.75, 3.05) is 12.1 Å². The predicted molar refractivity (Wildman–Crippen MR) is 45.7 cm³/mol. The summed E-state index contributed by atoms with van der Waals surface area (Å²) in [4.78, 5) is 0. The minimum Gasteiger partial charge on any atom is -0.435 e. The molecule has 0 saturated heterocycles. The normalized spacial score (nSPS) is 10.2. The van der Waals surface area contributed by atoms with E-state index in [2.05, 4.69) is 4.74 Å². The van der Waals surface area contributed by atoms with Gasteiger partial charge in [-0.2, -0.15) is 8.78 Å². The van der Waals surface area contributed by atoms with E-state index in [1.54, 1.807) is 19.2 Å². The van der Waals surface area contributed by atoms with Gasteiger partial charge in [-0.15, -0.1) is 0 Å². The number of rotatable bonds is 3. The van der Waals surface area contributed by atoms with Gasteiger partial charge in [0.25, 0.3) is 0 Å². The van der Waals surface area contributed by atoms with Crippen molar-refractivity contribution in [3.63, 3.8) is 0 Å². The van der Waals surface area contributed by atoms with E-state index in [9.17, 15) is 8.78 Å². The minimum absolute atomic E-state index is 0.126. The van der Waals surface area contributed by atoms with Crippen molar-refractivity contribution in [3.05, 3.63) is 24.3 Å². The third-order valence-electron chi connectivity index (χ3n) is 1.47. The van der Waals surface area contributed by atoms with Crippen molar-refractivity contribution in [1.82, 2.24) is 0 Å². The van der Waals surface area contributed by atoms with Gasteiger partial charge in [-0.05, 0) is 24.3 Å². The molecule has 0 aliphatic rings. The second-order valence-corrected chi connectivity index (χ2v) is 2.48. The van der Waals surface area contributed by atoms with E-state index in [0.29, 0.717) is 0 Å². The number of ether oxygens (including phenoxy) is 1. The van der Waals surface area contributed by atoms with Gasteiger partial charge >= 0.3 is 6.61 Å². The van der Waals surface area contributed by atoms with Crippen LogP contribution in [-0.2, 0) is 0 Å². The summed E-state index contributed by atoms with van der Waals surface area (Å²) in [6, 6.07) is 6.06. The Kier molecular flexibility index (Phi) is 3.02. The molecule has 0 radical (unpaired) electrons. The molecule has 0 aliphatic heterocycles. The fourth-order valence-corrected chi connectivity index (χ4v) is 0.863. The van der Waals surface area contributed by atoms with Gasteiger partial charge in [0, 0.05) is 7.05 Å². The van der Waals surface area contributed by atoms with Crippen LogP contribution in [0.2, 0.25) is 0 Å². The smallest absolute Gasteiger partial charge is 0.387 e. The summed E-state index contributed by atoms with van der Waals surface area (Å²) < 4.78 is 27.6. The Morgan fingerprint density at radius 3 is 2.23 bits per heavy atom. The SMILES string of the molecule is CN(N)c1ccc(OC(F)F)cc1. The molecule has 0 aliphatic carbocycles. The summed E-state index contributed by atoms with van der Waals surface area (Å²) in [5.74, 6) is 5.53. The third kappa shape index (κ3) is 2.87. The summed E-state index contributed by atoms with van der Waals surface area (Å²) >= 11 is 0. The van der Waals surface area contributed by atoms with Crippen LogP contribution in [0.3, 0.4) is 0 Å². The first-order chi connectivity index (χ1) is 6.09. The number of nitrogens with zero attached hydrogens (tertiary/aromatic N) is 1. The molecule has 0 unspecified atom stereocenters. The number of hydrogen-bond acceptors (Lipinski definition) is 3. The van der Waals surface area contributed by atoms with Crippen LogP contribution in [0, 0.1) is 0 Å². The maximum absolute atomic E-state index is 11.7. The number of hydrazine groups is 1. The zero-order valence-electron chi connectivity index (χ0n) is 7.08. The average Bonchev–Trinajstić information content (AvgIpc) is 2.04. The van der Waals surface area contributed by atoms with Crippen LogP contribution in [-0.4, -0.2) is 13.7 Å². The topological polar surface area (TPSA) is 38.5 Å². The number of anilines is 1. The Bertz CT molecular complexity index is 261. The van der Waals surface area contributed by atoms with E-state index < -0.39 is 6.61 Å². The fourth-order valence-electron chi connectivity index (χ4n) is 0.863. The highest BCUT2D eigenvalue weighted by molar-refractivity contribution is 5.46. The lowest BCUT2D eigenvalue weighted by molar-refractivity contribution is -0.0498. The lowest BCUT2D eigenvalue weighted by atomic mass is 10.3. The molecule has 0 saturated carbocycles. The van der Waals surface area contributed by atoms with Gasteiger partial charge in [-0.1, -0.05) is 0 Å². The average molecular weight is 188 g/mol. The van der Waals surface area contributed by atoms with Crippen LogP contribution in [0.4, 0.5) is 14.5 Å². The van der Waals surface area contributed by atoms with Crippen LogP contribution in [0.15, 0.2) is 24.3 Å². The largest absolute Gasteiger partial charge is 0.435 e. The second-order valence-electron chi connectivity index (χ2n) is 2.48. The molecule has 0 fully saturated rings. The Balaban J connectivity index is 2.70. The van der Waals surface area contributed by atoms with E-state index in [1.807, 2.05) is 0 Å². The molecule has 1 rings (SSSR count). The number of nitrogens with two attached hydrogens (primary N) is 1. The van der Waals surface area contributed by atoms with Gasteiger partial charge in [-0.3, -0.25) is 0 Å². The Hall–Kier alpha value is -1.36. The van der Waals surface area contributed by atoms with Crippen molar-refractivity contribution in [2.24, 2.45) is 5.84 Å². The molecule has 13 heavy (non-hydrogen) atoms. The molecule has 2 N–H and O–H groups in total. The predicted octanol–water partition coefficient (Wildman–Crippen LogP) is 1.60. The van der Waals surface area contributed by atoms with Crippen molar-refractivity contribution in [2.45, 2.75) is 6.61 Å². The highest BCUT2D eigenvalue weighted by Crippen LogP contribution is 2.18. The summed E-state index contributed by atoms with van der Waals surface area (Å²) in [6.45, 7) is -2.79. The standard InChI is InChI=1S/C8H10F2N2O/c1-12(11)6-2-4-7(5-3-6)13-8(9)10/h2-5,8H,11H2,1H3. The zero-order chi connectivity index (χ0) is 9.84. The molecule has 0 heterocycles. The summed E-state index contributed by atoms with van der Waals surface area (Å²) in [6.07, 6.45) is 0. The number of alkyl halides is 2. The molecule has 1 aromatic carbocycles. The van der Waals surface area contributed by atoms with Gasteiger partial charge in [-0.25, -0.2) is 5.84 Å². The first-order valence-corrected chi connectivity index (χ1v) is 3.63. The molecule has 5 heteroatoms. The van der Waals surface area contributed by atoms with Gasteiger partial charge < -0.3 is 9.75 Å². The minimum atomic E-state index is -2.79. The van der Waals surface area contributed by atoms with Gasteiger partial charge in [0.2, 0.25) is 0 Å². The Labute approximate surface area is 74.7 Å². The highest BCUT2D eigenvalue weighted by atomic mass is 19.3. The molecular formula is C8H10F2N2O. The van der Waals surface area contributed by atoms with Crippen molar-refractivity contribution < 1.29 is 13.5 Å². The van der Waals surface area contributed by atoms with Gasteiger partial charge in [0.15, 0.2) is 0 Å². The zero-order valence-corrected chi connectivity index (χ0v) is 7.08. The lowest BCUT2D eigenvalue weighted by Gasteiger charge is -2.12. The maximum Gasteiger partial charge on any atom is 0.387 e. The number of benzene rings is 1. The van der Waals surface area contributed by atoms with E-state index in [1.165, 1.54) is 17.1 Å². The Morgan fingerprint density at radius 1 is 1.31 bits per heavy atom. The molecule has 3 nitrogen and oxygen atoms in total. The monoisotopic (exact) mass is 188 g/mol. The van der Waals surface area contributed by atoms with Crippen molar-refractivity contribution in [3.8, 4) is 5.75 Å². The number of halogens is 2. The first kappa shape index (κ1) is 9.73. The van der Waals surface area contributed by atoms with Crippen LogP contribution in [0.25, 0.3) is 0 Å². The molecule has 1 aromatic rings. The van der Waals surface area contributed by atoms with Crippen molar-refractivity contribution in [1.29, 1.82) is 0 Å². The van der Waals surface area contributed by atoms with Crippen LogP contribution >= 0.6 is 0 Å². The molecule has 0 bridgehead atoms. The first-order valence-electron chi connectivity index (χ1n) is 3.63. The molecule has 0 amide bonds. The number of hydrogen-bond donors (Lipinski definition) is 1. The van der Waals surface area contributed by atoms with Gasteiger partial charge in [0.05, 0.1) is 5.69 Å². The summed E-state index contributed by atoms with van der Waals surface area (Å²) in [5.41, 5.74) is 0.724. The molecular weight excluding hydrogens is 178 g/mol. The summed E-state index contributed by atoms with van der Waals surface area (Å²) in [5, 5.41) is 1.38. The van der Waals surface area contributed by atoms with Gasteiger partial charge in [0.1, 0.15) is 5.75 Å². The molecule has 0 aromatic heterocycles. The van der Waals surface area contributed by atoms with E-state index in [0.717, 1.165) is 5.69 Å². The molecule has 0 spiro atoms. The van der Waals surface area contributed by atoms with E-state index >= 15 is 0 Å². The van der Waals surface area contributed by atoms with Crippen LogP contribution < -0.4 is 15.6 Å². The second kappa shape index (κ2) is 4.04. The lowest BCUT2D eigenvalue weighted by Crippen LogP contribution is -2.24. The highest BCUT2D eigenvalue weighted by Gasteiger charge is 2.03. The van der Waals surface area contributed by atoms with E-state index in [4.69, 9.17) is 5.84 Å². The molecule has 0 atom stereocenters. The fraction of sp³-hybridized carbons (Fsp3) is 0.250. The maximum atomic E-state index is 11.7. The van der Waals surface area contributed by atoms with Crippen molar-refractivity contribution >= 4 is 5.69 Å². The molecule has 72 valence electrons.